The van der Waals surface area contributed by atoms with E-state index < -0.39 is 96.4 Å². The molecular weight excluding hydrogens is 1920 g/mol. The summed E-state index contributed by atoms with van der Waals surface area (Å²) in [5.41, 5.74) is 0. The van der Waals surface area contributed by atoms with Crippen LogP contribution in [0, 0.1) is 23.7 Å². The van der Waals surface area contributed by atoms with Crippen molar-refractivity contribution < 1.29 is 145 Å². The van der Waals surface area contributed by atoms with Gasteiger partial charge in [-0.15, -0.1) is 0 Å². The quantitative estimate of drug-likeness (QED) is 0.0199. The van der Waals surface area contributed by atoms with Crippen LogP contribution in [0.2, 0.25) is 0 Å². The molecule has 5 atom stereocenters. The molecule has 11 amide bonds. The zero-order valence-electron chi connectivity index (χ0n) is 89.5. The normalized spacial score (nSPS) is 15.5. The van der Waals surface area contributed by atoms with Crippen molar-refractivity contribution >= 4 is 94.8 Å². The summed E-state index contributed by atoms with van der Waals surface area (Å²) in [6.45, 7) is 6.22. The van der Waals surface area contributed by atoms with Gasteiger partial charge in [-0.05, 0) is 154 Å². The third-order valence-corrected chi connectivity index (χ3v) is 26.2. The van der Waals surface area contributed by atoms with Gasteiger partial charge in [-0.3, -0.25) is 72.4 Å². The zero-order chi connectivity index (χ0) is 108. The van der Waals surface area contributed by atoms with Crippen LogP contribution in [-0.4, -0.2) is 315 Å². The van der Waals surface area contributed by atoms with Crippen molar-refractivity contribution in [1.82, 2.24) is 63.8 Å². The van der Waals surface area contributed by atoms with Gasteiger partial charge in [-0.1, -0.05) is 180 Å². The van der Waals surface area contributed by atoms with Crippen LogP contribution in [0.3, 0.4) is 0 Å². The van der Waals surface area contributed by atoms with E-state index in [2.05, 4.69) is 63.8 Å². The Kier molecular flexibility index (Phi) is 86.0. The number of aliphatic carboxylic acids is 5. The maximum atomic E-state index is 13.5. The number of unbranched alkanes of at least 4 members (excludes halogenated alkanes) is 32. The molecule has 0 aromatic heterocycles. The molecule has 42 nitrogen and oxygen atoms in total. The standard InChI is InChI=1S/C106H190N12O30/c1-3-148-82(2)115-88(104(134)135)41-37-39-59-112-103(133)87(116-98(126)81-147-75-71-143-67-63-111-97(125)80-146-74-69-141-65-61-109-94(122)57-55-90(106(138)139)118-102(132)86-52-48-84(49-53-86)77-114-92(120)43-33-29-25-21-17-13-9-5-7-11-15-19-23-27-31-35-45-100(129)130)40-36-38-58-107-95(123)78-144-72-70-142-66-62-110-96(124)79-145-73-68-140-64-60-108-93(121)56-54-89(105(136)137)117-101(131)85-50-46-83(47-51-85)76-113-91(119)42-32-28-24-20-16-12-8-4-6-10-14-18-22-26-30-34-44-99(127)128/h82-90,115H,3-81H2,1-2H3,(H,107,123)(H,108,121)(H,109,122)(H,110,124)(H,111,125)(H,112,133)(H,113,119)(H,114,120)(H,116,126)(H,117,131)(H,118,132)(H,127,128)(H,129,130)(H,134,135)(H,136,137)(H,138,139)/t82?,83?,84?,85?,86?,87-,88-,89-,90-/m0/s1. The molecule has 2 fully saturated rings. The first kappa shape index (κ1) is 135. The van der Waals surface area contributed by atoms with E-state index in [1.165, 1.54) is 128 Å². The first-order valence-corrected chi connectivity index (χ1v) is 55.8. The summed E-state index contributed by atoms with van der Waals surface area (Å²) >= 11 is 0. The van der Waals surface area contributed by atoms with E-state index >= 15 is 0 Å². The second-order valence-corrected chi connectivity index (χ2v) is 39.0. The van der Waals surface area contributed by atoms with Crippen LogP contribution >= 0.6 is 0 Å². The molecule has 0 radical (unpaired) electrons. The maximum Gasteiger partial charge on any atom is 0.326 e. The average Bonchev–Trinajstić information content (AvgIpc) is 0.870. The van der Waals surface area contributed by atoms with Gasteiger partial charge in [0.05, 0.1) is 79.3 Å². The number of carbonyl (C=O) groups is 16. The Bertz CT molecular complexity index is 3560. The van der Waals surface area contributed by atoms with Gasteiger partial charge in [0.25, 0.3) is 0 Å². The second-order valence-electron chi connectivity index (χ2n) is 39.0. The van der Waals surface area contributed by atoms with Crippen molar-refractivity contribution in [2.45, 2.75) is 391 Å². The molecule has 17 N–H and O–H groups in total. The van der Waals surface area contributed by atoms with Crippen LogP contribution < -0.4 is 63.8 Å². The molecule has 0 spiro atoms. The van der Waals surface area contributed by atoms with Gasteiger partial charge in [-0.2, -0.15) is 0 Å². The minimum atomic E-state index is -1.24. The molecular formula is C106H190N12O30. The Hall–Kier alpha value is -8.88. The van der Waals surface area contributed by atoms with Crippen LogP contribution in [0.4, 0.5) is 0 Å². The Balaban J connectivity index is 1.51. The molecule has 0 saturated heterocycles. The number of ether oxygens (including phenoxy) is 9. The van der Waals surface area contributed by atoms with E-state index in [-0.39, 0.29) is 249 Å². The Morgan fingerprint density at radius 2 is 0.520 bits per heavy atom. The summed E-state index contributed by atoms with van der Waals surface area (Å²) in [6.07, 6.45) is 45.0. The molecule has 0 aliphatic heterocycles. The van der Waals surface area contributed by atoms with Crippen LogP contribution in [0.5, 0.6) is 0 Å². The van der Waals surface area contributed by atoms with Crippen LogP contribution in [0.15, 0.2) is 0 Å². The fraction of sp³-hybridized carbons (Fsp3) is 0.849. The third kappa shape index (κ3) is 81.9. The lowest BCUT2D eigenvalue weighted by molar-refractivity contribution is -0.143. The number of nitrogens with one attached hydrogen (secondary N) is 12. The predicted molar refractivity (Wildman–Crippen MR) is 556 cm³/mol. The van der Waals surface area contributed by atoms with Crippen molar-refractivity contribution in [2.24, 2.45) is 23.7 Å². The number of rotatable bonds is 103. The molecule has 854 valence electrons. The molecule has 0 aromatic carbocycles. The molecule has 2 rings (SSSR count). The number of carboxylic acids is 5. The van der Waals surface area contributed by atoms with Gasteiger partial charge in [0.15, 0.2) is 0 Å². The molecule has 0 heterocycles. The highest BCUT2D eigenvalue weighted by atomic mass is 16.5. The van der Waals surface area contributed by atoms with E-state index in [1.54, 1.807) is 13.8 Å². The summed E-state index contributed by atoms with van der Waals surface area (Å²) in [5.74, 6) is -8.78. The molecule has 1 unspecified atom stereocenters. The van der Waals surface area contributed by atoms with E-state index in [1.807, 2.05) is 0 Å². The smallest absolute Gasteiger partial charge is 0.326 e. The molecule has 0 aromatic rings. The molecule has 2 aliphatic carbocycles. The Morgan fingerprint density at radius 1 is 0.250 bits per heavy atom. The highest BCUT2D eigenvalue weighted by molar-refractivity contribution is 5.89. The van der Waals surface area contributed by atoms with Gasteiger partial charge < -0.3 is 127 Å². The fourth-order valence-corrected chi connectivity index (χ4v) is 17.5. The lowest BCUT2D eigenvalue weighted by atomic mass is 9.81. The van der Waals surface area contributed by atoms with Crippen LogP contribution in [0.1, 0.15) is 361 Å². The SMILES string of the molecule is CCOC(C)N[C@@H](CCCCNC(=O)[C@H](CCCCNC(=O)COCCOCCNC(=O)COCCOCCNC(=O)CC[C@H](NC(=O)C1CCC(CNC(=O)CCCCCCCCCCCCCCCCCCC(=O)O)CC1)C(=O)O)NC(=O)COCCOCCNC(=O)COCCOCCNC(=O)CC[C@H](NC(=O)C1CCC(CNC(=O)CCCCCCCCCCCCCCCCCCC(=O)O)CC1)C(=O)O)C(=O)O. The third-order valence-electron chi connectivity index (χ3n) is 26.2. The Labute approximate surface area is 878 Å². The van der Waals surface area contributed by atoms with E-state index in [0.717, 1.165) is 103 Å². The van der Waals surface area contributed by atoms with Crippen molar-refractivity contribution in [3.8, 4) is 0 Å². The van der Waals surface area contributed by atoms with Gasteiger partial charge >= 0.3 is 29.8 Å². The summed E-state index contributed by atoms with van der Waals surface area (Å²) in [7, 11) is 0. The Morgan fingerprint density at radius 3 is 0.831 bits per heavy atom. The molecule has 42 heteroatoms. The summed E-state index contributed by atoms with van der Waals surface area (Å²) in [5, 5.41) is 80.1. The largest absolute Gasteiger partial charge is 0.481 e. The number of carbonyl (C=O) groups excluding carboxylic acids is 11. The van der Waals surface area contributed by atoms with Gasteiger partial charge in [0, 0.05) is 109 Å². The molecule has 0 bridgehead atoms. The maximum absolute atomic E-state index is 13.5. The summed E-state index contributed by atoms with van der Waals surface area (Å²) in [4.78, 5) is 197. The van der Waals surface area contributed by atoms with Gasteiger partial charge in [0.1, 0.15) is 56.8 Å². The highest BCUT2D eigenvalue weighted by Crippen LogP contribution is 2.31. The molecule has 148 heavy (non-hydrogen) atoms. The molecule has 2 saturated carbocycles. The number of hydrogen-bond donors (Lipinski definition) is 17. The minimum Gasteiger partial charge on any atom is -0.481 e. The van der Waals surface area contributed by atoms with Gasteiger partial charge in [0.2, 0.25) is 65.0 Å². The number of hydrogen-bond acceptors (Lipinski definition) is 26. The minimum absolute atomic E-state index is 0.0118. The van der Waals surface area contributed by atoms with Crippen molar-refractivity contribution in [2.75, 3.05) is 165 Å². The van der Waals surface area contributed by atoms with E-state index in [4.69, 9.17) is 52.8 Å². The van der Waals surface area contributed by atoms with E-state index in [9.17, 15) is 92.0 Å². The summed E-state index contributed by atoms with van der Waals surface area (Å²) in [6, 6.07) is -4.30. The van der Waals surface area contributed by atoms with Crippen molar-refractivity contribution in [3.63, 3.8) is 0 Å². The van der Waals surface area contributed by atoms with E-state index in [0.29, 0.717) is 83.9 Å². The predicted octanol–water partition coefficient (Wildman–Crippen LogP) is 9.82. The van der Waals surface area contributed by atoms with Crippen molar-refractivity contribution in [3.05, 3.63) is 0 Å². The first-order valence-electron chi connectivity index (χ1n) is 55.8. The molecule has 2 aliphatic rings. The van der Waals surface area contributed by atoms with Crippen molar-refractivity contribution in [1.29, 1.82) is 0 Å². The second kappa shape index (κ2) is 94.1. The number of amides is 11. The summed E-state index contributed by atoms with van der Waals surface area (Å²) < 4.78 is 49.1. The lowest BCUT2D eigenvalue weighted by Crippen LogP contribution is -2.48. The highest BCUT2D eigenvalue weighted by Gasteiger charge is 2.33. The van der Waals surface area contributed by atoms with Crippen LogP contribution in [0.25, 0.3) is 0 Å². The number of carboxylic acid groups (broad SMARTS) is 5. The monoisotopic (exact) mass is 2110 g/mol. The lowest BCUT2D eigenvalue weighted by Gasteiger charge is -2.28. The van der Waals surface area contributed by atoms with Crippen LogP contribution in [-0.2, 0) is 119 Å². The average molecular weight is 2110 g/mol. The first-order chi connectivity index (χ1) is 71.6. The zero-order valence-corrected chi connectivity index (χ0v) is 89.5. The van der Waals surface area contributed by atoms with Gasteiger partial charge in [-0.25, -0.2) is 9.59 Å². The topological polar surface area (TPSA) is 602 Å². The fourth-order valence-electron chi connectivity index (χ4n) is 17.5.